The molecule has 0 unspecified atom stereocenters. The number of carbonyl (C=O) groups is 1. The van der Waals surface area contributed by atoms with Gasteiger partial charge >= 0.3 is 0 Å². The van der Waals surface area contributed by atoms with Gasteiger partial charge in [-0.25, -0.2) is 4.98 Å². The average Bonchev–Trinajstić information content (AvgIpc) is 3.36. The molecule has 3 N–H and O–H groups in total. The third-order valence-electron chi connectivity index (χ3n) is 3.72. The summed E-state index contributed by atoms with van der Waals surface area (Å²) in [4.78, 5) is 19.8. The molecule has 0 atom stereocenters. The van der Waals surface area contributed by atoms with Gasteiger partial charge in [-0.05, 0) is 43.3 Å². The fourth-order valence-corrected chi connectivity index (χ4v) is 2.46. The molecule has 7 heteroatoms. The summed E-state index contributed by atoms with van der Waals surface area (Å²) in [7, 11) is 0. The van der Waals surface area contributed by atoms with Gasteiger partial charge in [0.05, 0.1) is 6.26 Å². The highest BCUT2D eigenvalue weighted by atomic mass is 16.3. The lowest BCUT2D eigenvalue weighted by molar-refractivity contribution is 0.102. The molecule has 0 fully saturated rings. The van der Waals surface area contributed by atoms with E-state index in [9.17, 15) is 4.79 Å². The Balaban J connectivity index is 1.47. The molecule has 3 aromatic heterocycles. The zero-order chi connectivity index (χ0) is 17.2. The molecule has 1 aromatic carbocycles. The van der Waals surface area contributed by atoms with E-state index >= 15 is 0 Å². The van der Waals surface area contributed by atoms with Crippen LogP contribution in [0, 0.1) is 6.92 Å². The monoisotopic (exact) mass is 333 g/mol. The number of hydrogen-bond donors (Lipinski definition) is 3. The van der Waals surface area contributed by atoms with Crippen molar-refractivity contribution in [2.24, 2.45) is 0 Å². The van der Waals surface area contributed by atoms with E-state index in [0.717, 1.165) is 17.1 Å². The van der Waals surface area contributed by atoms with Crippen LogP contribution < -0.4 is 5.32 Å². The highest BCUT2D eigenvalue weighted by molar-refractivity contribution is 6.03. The molecule has 0 saturated heterocycles. The lowest BCUT2D eigenvalue weighted by atomic mass is 10.2. The molecule has 124 valence electrons. The maximum atomic E-state index is 12.3. The van der Waals surface area contributed by atoms with Gasteiger partial charge in [0.15, 0.2) is 11.5 Å². The second-order valence-electron chi connectivity index (χ2n) is 5.59. The van der Waals surface area contributed by atoms with E-state index in [0.29, 0.717) is 17.1 Å². The summed E-state index contributed by atoms with van der Waals surface area (Å²) in [5.74, 6) is 1.13. The van der Waals surface area contributed by atoms with Gasteiger partial charge in [-0.1, -0.05) is 0 Å². The summed E-state index contributed by atoms with van der Waals surface area (Å²) in [5, 5.41) is 9.63. The maximum Gasteiger partial charge on any atom is 0.276 e. The fraction of sp³-hybridized carbons (Fsp3) is 0.0556. The van der Waals surface area contributed by atoms with Crippen molar-refractivity contribution < 1.29 is 9.21 Å². The Kier molecular flexibility index (Phi) is 3.66. The molecule has 4 rings (SSSR count). The number of furan rings is 1. The molecule has 0 saturated carbocycles. The number of rotatable bonds is 4. The van der Waals surface area contributed by atoms with Crippen molar-refractivity contribution in [3.05, 3.63) is 66.3 Å². The zero-order valence-corrected chi connectivity index (χ0v) is 13.4. The number of nitrogens with one attached hydrogen (secondary N) is 3. The van der Waals surface area contributed by atoms with E-state index in [1.807, 2.05) is 31.2 Å². The number of H-pyrrole nitrogens is 2. The van der Waals surface area contributed by atoms with Crippen molar-refractivity contribution in [1.29, 1.82) is 0 Å². The van der Waals surface area contributed by atoms with Crippen LogP contribution in [0.15, 0.2) is 59.3 Å². The Morgan fingerprint density at radius 2 is 2.04 bits per heavy atom. The van der Waals surface area contributed by atoms with Gasteiger partial charge in [0, 0.05) is 29.2 Å². The van der Waals surface area contributed by atoms with Gasteiger partial charge < -0.3 is 14.7 Å². The van der Waals surface area contributed by atoms with Crippen LogP contribution in [0.3, 0.4) is 0 Å². The number of anilines is 1. The van der Waals surface area contributed by atoms with Crippen molar-refractivity contribution in [1.82, 2.24) is 20.2 Å². The normalized spacial score (nSPS) is 10.8. The Hall–Kier alpha value is -3.61. The van der Waals surface area contributed by atoms with Crippen molar-refractivity contribution in [2.75, 3.05) is 5.32 Å². The van der Waals surface area contributed by atoms with Crippen LogP contribution in [0.25, 0.3) is 22.8 Å². The standard InChI is InChI=1S/C18H15N5O2/c1-11-10-19-17(20-11)12-4-6-13(7-5-12)21-18(24)15-9-14(22-23-15)16-3-2-8-25-16/h2-10H,1H3,(H,19,20)(H,21,24)(H,22,23). The molecule has 3 heterocycles. The molecule has 0 aliphatic heterocycles. The molecular formula is C18H15N5O2. The summed E-state index contributed by atoms with van der Waals surface area (Å²) in [6, 6.07) is 12.7. The molecule has 4 aromatic rings. The minimum absolute atomic E-state index is 0.289. The van der Waals surface area contributed by atoms with Crippen molar-refractivity contribution in [3.63, 3.8) is 0 Å². The smallest absolute Gasteiger partial charge is 0.276 e. The molecule has 7 nitrogen and oxygen atoms in total. The summed E-state index contributed by atoms with van der Waals surface area (Å²) in [6.07, 6.45) is 3.34. The number of aryl methyl sites for hydroxylation is 1. The number of amides is 1. The second-order valence-corrected chi connectivity index (χ2v) is 5.59. The van der Waals surface area contributed by atoms with Crippen LogP contribution in [-0.2, 0) is 0 Å². The Morgan fingerprint density at radius 3 is 2.72 bits per heavy atom. The number of benzene rings is 1. The van der Waals surface area contributed by atoms with Crippen molar-refractivity contribution >= 4 is 11.6 Å². The summed E-state index contributed by atoms with van der Waals surface area (Å²) >= 11 is 0. The zero-order valence-electron chi connectivity index (χ0n) is 13.4. The minimum Gasteiger partial charge on any atom is -0.463 e. The maximum absolute atomic E-state index is 12.3. The minimum atomic E-state index is -0.296. The third kappa shape index (κ3) is 3.07. The topological polar surface area (TPSA) is 99.6 Å². The van der Waals surface area contributed by atoms with E-state index < -0.39 is 0 Å². The van der Waals surface area contributed by atoms with E-state index in [4.69, 9.17) is 4.42 Å². The summed E-state index contributed by atoms with van der Waals surface area (Å²) in [6.45, 7) is 1.95. The van der Waals surface area contributed by atoms with E-state index in [1.54, 1.807) is 30.7 Å². The van der Waals surface area contributed by atoms with E-state index in [2.05, 4.69) is 25.5 Å². The lowest BCUT2D eigenvalue weighted by Crippen LogP contribution is -2.12. The molecule has 0 radical (unpaired) electrons. The van der Waals surface area contributed by atoms with Gasteiger partial charge in [-0.15, -0.1) is 0 Å². The third-order valence-corrected chi connectivity index (χ3v) is 3.72. The number of hydrogen-bond acceptors (Lipinski definition) is 4. The van der Waals surface area contributed by atoms with Gasteiger partial charge in [-0.3, -0.25) is 9.89 Å². The van der Waals surface area contributed by atoms with Crippen LogP contribution in [0.5, 0.6) is 0 Å². The van der Waals surface area contributed by atoms with Crippen molar-refractivity contribution in [2.45, 2.75) is 6.92 Å². The fourth-order valence-electron chi connectivity index (χ4n) is 2.46. The highest BCUT2D eigenvalue weighted by Gasteiger charge is 2.13. The first-order chi connectivity index (χ1) is 12.2. The number of aromatic amines is 2. The molecule has 0 spiro atoms. The Bertz CT molecular complexity index is 996. The Labute approximate surface area is 143 Å². The summed E-state index contributed by atoms with van der Waals surface area (Å²) < 4.78 is 5.28. The molecule has 1 amide bonds. The molecule has 0 aliphatic carbocycles. The second kappa shape index (κ2) is 6.12. The van der Waals surface area contributed by atoms with E-state index in [1.165, 1.54) is 0 Å². The highest BCUT2D eigenvalue weighted by Crippen LogP contribution is 2.20. The van der Waals surface area contributed by atoms with Crippen molar-refractivity contribution in [3.8, 4) is 22.8 Å². The van der Waals surface area contributed by atoms with Gasteiger partial charge in [0.1, 0.15) is 11.5 Å². The number of aromatic nitrogens is 4. The average molecular weight is 333 g/mol. The van der Waals surface area contributed by atoms with Gasteiger partial charge in [0.2, 0.25) is 0 Å². The first-order valence-corrected chi connectivity index (χ1v) is 7.72. The Morgan fingerprint density at radius 1 is 1.20 bits per heavy atom. The SMILES string of the molecule is Cc1cnc(-c2ccc(NC(=O)c3cc(-c4ccco4)[nH]n3)cc2)[nH]1. The van der Waals surface area contributed by atoms with Crippen LogP contribution >= 0.6 is 0 Å². The van der Waals surface area contributed by atoms with E-state index in [-0.39, 0.29) is 11.6 Å². The van der Waals surface area contributed by atoms with Gasteiger partial charge in [0.25, 0.3) is 5.91 Å². The number of nitrogens with zero attached hydrogens (tertiary/aromatic N) is 2. The lowest BCUT2D eigenvalue weighted by Gasteiger charge is -2.04. The molecule has 0 aliphatic rings. The quantitative estimate of drug-likeness (QED) is 0.531. The van der Waals surface area contributed by atoms with Crippen LogP contribution in [0.1, 0.15) is 16.2 Å². The first-order valence-electron chi connectivity index (χ1n) is 7.72. The predicted octanol–water partition coefficient (Wildman–Crippen LogP) is 3.62. The first kappa shape index (κ1) is 14.9. The number of imidazole rings is 1. The molecule has 0 bridgehead atoms. The van der Waals surface area contributed by atoms with Crippen LogP contribution in [0.2, 0.25) is 0 Å². The largest absolute Gasteiger partial charge is 0.463 e. The summed E-state index contributed by atoms with van der Waals surface area (Å²) in [5.41, 5.74) is 3.57. The predicted molar refractivity (Wildman–Crippen MR) is 93.0 cm³/mol. The molecular weight excluding hydrogens is 318 g/mol. The van der Waals surface area contributed by atoms with Crippen LogP contribution in [-0.4, -0.2) is 26.1 Å². The number of carbonyl (C=O) groups excluding carboxylic acids is 1. The van der Waals surface area contributed by atoms with Gasteiger partial charge in [-0.2, -0.15) is 5.10 Å². The van der Waals surface area contributed by atoms with Crippen LogP contribution in [0.4, 0.5) is 5.69 Å². The molecule has 25 heavy (non-hydrogen) atoms.